The van der Waals surface area contributed by atoms with Crippen LogP contribution in [-0.4, -0.2) is 74.8 Å². The molecule has 244 valence electrons. The summed E-state index contributed by atoms with van der Waals surface area (Å²) in [5, 5.41) is 2.91. The largest absolute Gasteiger partial charge is 0.385 e. The molecule has 0 spiro atoms. The minimum Gasteiger partial charge on any atom is -0.385 e. The topological polar surface area (TPSA) is 86.9 Å². The van der Waals surface area contributed by atoms with Crippen LogP contribution in [-0.2, 0) is 22.6 Å². The lowest BCUT2D eigenvalue weighted by atomic mass is 9.95. The summed E-state index contributed by atoms with van der Waals surface area (Å²) in [6, 6.07) is 13.5. The summed E-state index contributed by atoms with van der Waals surface area (Å²) in [5.74, 6) is -0.374. The van der Waals surface area contributed by atoms with Gasteiger partial charge in [-0.25, -0.2) is 8.78 Å². The number of benzene rings is 2. The highest BCUT2D eigenvalue weighted by Gasteiger charge is 2.26. The van der Waals surface area contributed by atoms with Crippen molar-refractivity contribution in [2.45, 2.75) is 66.1 Å². The van der Waals surface area contributed by atoms with E-state index < -0.39 is 13.0 Å². The minimum atomic E-state index is -2.57. The number of aromatic nitrogens is 1. The summed E-state index contributed by atoms with van der Waals surface area (Å²) in [7, 11) is 1.60. The first kappa shape index (κ1) is 34.3. The van der Waals surface area contributed by atoms with Gasteiger partial charge in [-0.05, 0) is 79.6 Å². The number of carbonyl (C=O) groups is 1. The van der Waals surface area contributed by atoms with Crippen molar-refractivity contribution in [3.05, 3.63) is 86.3 Å². The third kappa shape index (κ3) is 8.99. The van der Waals surface area contributed by atoms with Crippen LogP contribution in [0.4, 0.5) is 14.5 Å². The molecule has 0 bridgehead atoms. The maximum Gasteiger partial charge on any atom is 0.255 e. The molecule has 45 heavy (non-hydrogen) atoms. The summed E-state index contributed by atoms with van der Waals surface area (Å²) < 4.78 is 38.9. The average molecular weight is 625 g/mol. The molecule has 1 aliphatic heterocycles. The van der Waals surface area contributed by atoms with Crippen molar-refractivity contribution in [2.75, 3.05) is 51.5 Å². The Hall–Kier alpha value is -3.60. The van der Waals surface area contributed by atoms with Gasteiger partial charge in [0.2, 0.25) is 0 Å². The number of nitrogens with one attached hydrogen (secondary N) is 2. The Labute approximate surface area is 264 Å². The first-order chi connectivity index (χ1) is 21.6. The van der Waals surface area contributed by atoms with Crippen LogP contribution >= 0.6 is 0 Å². The Balaban J connectivity index is 1.73. The Morgan fingerprint density at radius 2 is 1.80 bits per heavy atom. The van der Waals surface area contributed by atoms with Gasteiger partial charge in [0, 0.05) is 68.4 Å². The van der Waals surface area contributed by atoms with Crippen LogP contribution in [0.3, 0.4) is 0 Å². The van der Waals surface area contributed by atoms with Gasteiger partial charge in [-0.2, -0.15) is 0 Å². The number of nitrogens with zero attached hydrogens (tertiary/aromatic N) is 2. The van der Waals surface area contributed by atoms with E-state index in [1.165, 1.54) is 0 Å². The number of alkyl halides is 2. The molecule has 0 radical (unpaired) electrons. The van der Waals surface area contributed by atoms with Crippen LogP contribution in [0.25, 0.3) is 11.1 Å². The van der Waals surface area contributed by atoms with Crippen molar-refractivity contribution in [3.63, 3.8) is 0 Å². The fourth-order valence-electron chi connectivity index (χ4n) is 6.01. The third-order valence-corrected chi connectivity index (χ3v) is 8.55. The lowest BCUT2D eigenvalue weighted by molar-refractivity contribution is 0.0342. The normalized spacial score (nSPS) is 14.5. The lowest BCUT2D eigenvalue weighted by Crippen LogP contribution is -2.40. The van der Waals surface area contributed by atoms with E-state index in [0.717, 1.165) is 60.8 Å². The number of methoxy groups -OCH3 is 1. The summed E-state index contributed by atoms with van der Waals surface area (Å²) in [6.45, 7) is 11.5. The van der Waals surface area contributed by atoms with E-state index >= 15 is 0 Å². The van der Waals surface area contributed by atoms with Crippen molar-refractivity contribution in [2.24, 2.45) is 0 Å². The molecule has 1 fully saturated rings. The average Bonchev–Trinajstić information content (AvgIpc) is 3.01. The minimum absolute atomic E-state index is 0.0433. The summed E-state index contributed by atoms with van der Waals surface area (Å²) in [4.78, 5) is 33.2. The summed E-state index contributed by atoms with van der Waals surface area (Å²) >= 11 is 0. The number of morpholine rings is 1. The number of halogens is 2. The standard InChI is InChI=1S/C35H46F2N4O4/c1-6-29(11-14-44-5)41(22-33(36)37)32-19-28(27-9-7-26(8-10-27)21-40-12-15-45-16-13-40)18-30(25(32)4)34(42)38-20-31-23(2)17-24(3)39-35(31)43/h7-10,17-19,29,33H,6,11-16,20-22H2,1-5H3,(H,38,42)(H,39,43). The van der Waals surface area contributed by atoms with Gasteiger partial charge < -0.3 is 24.7 Å². The molecule has 10 heteroatoms. The van der Waals surface area contributed by atoms with E-state index in [9.17, 15) is 18.4 Å². The van der Waals surface area contributed by atoms with E-state index in [-0.39, 0.29) is 24.1 Å². The zero-order chi connectivity index (χ0) is 32.5. The number of amides is 1. The highest BCUT2D eigenvalue weighted by atomic mass is 19.3. The van der Waals surface area contributed by atoms with Crippen molar-refractivity contribution < 1.29 is 23.0 Å². The van der Waals surface area contributed by atoms with E-state index in [4.69, 9.17) is 9.47 Å². The van der Waals surface area contributed by atoms with Crippen LogP contribution in [0.1, 0.15) is 58.1 Å². The first-order valence-electron chi connectivity index (χ1n) is 15.7. The Morgan fingerprint density at radius 3 is 2.42 bits per heavy atom. The van der Waals surface area contributed by atoms with Crippen LogP contribution in [0.15, 0.2) is 47.3 Å². The molecular formula is C35H46F2N4O4. The first-order valence-corrected chi connectivity index (χ1v) is 15.7. The Bertz CT molecular complexity index is 1490. The third-order valence-electron chi connectivity index (χ3n) is 8.55. The molecule has 1 amide bonds. The van der Waals surface area contributed by atoms with Gasteiger partial charge in [-0.15, -0.1) is 0 Å². The quantitative estimate of drug-likeness (QED) is 0.242. The number of ether oxygens (including phenoxy) is 2. The smallest absolute Gasteiger partial charge is 0.255 e. The SMILES string of the molecule is CCC(CCOC)N(CC(F)F)c1cc(-c2ccc(CN3CCOCC3)cc2)cc(C(=O)NCc2c(C)cc(C)[nH]c2=O)c1C. The fourth-order valence-corrected chi connectivity index (χ4v) is 6.01. The van der Waals surface area contributed by atoms with Gasteiger partial charge in [0.25, 0.3) is 17.9 Å². The fraction of sp³-hybridized carbons (Fsp3) is 0.486. The molecule has 1 saturated heterocycles. The van der Waals surface area contributed by atoms with Gasteiger partial charge >= 0.3 is 0 Å². The van der Waals surface area contributed by atoms with E-state index in [0.29, 0.717) is 41.8 Å². The second kappa shape index (κ2) is 16.1. The van der Waals surface area contributed by atoms with Crippen LogP contribution < -0.4 is 15.8 Å². The van der Waals surface area contributed by atoms with Crippen LogP contribution in [0.2, 0.25) is 0 Å². The number of aromatic amines is 1. The molecule has 1 unspecified atom stereocenters. The number of H-pyrrole nitrogens is 1. The van der Waals surface area contributed by atoms with E-state index in [1.54, 1.807) is 18.9 Å². The summed E-state index contributed by atoms with van der Waals surface area (Å²) in [5.41, 5.74) is 6.12. The Morgan fingerprint density at radius 1 is 1.09 bits per heavy atom. The predicted molar refractivity (Wildman–Crippen MR) is 174 cm³/mol. The molecule has 8 nitrogen and oxygen atoms in total. The highest BCUT2D eigenvalue weighted by Crippen LogP contribution is 2.34. The zero-order valence-electron chi connectivity index (χ0n) is 27.1. The van der Waals surface area contributed by atoms with Crippen LogP contribution in [0, 0.1) is 20.8 Å². The number of carbonyl (C=O) groups excluding carboxylic acids is 1. The van der Waals surface area contributed by atoms with Crippen molar-refractivity contribution in [1.29, 1.82) is 0 Å². The van der Waals surface area contributed by atoms with E-state index in [1.807, 2.05) is 51.1 Å². The molecule has 4 rings (SSSR count). The molecule has 3 aromatic rings. The number of anilines is 1. The molecule has 1 atom stereocenters. The monoisotopic (exact) mass is 624 g/mol. The van der Waals surface area contributed by atoms with Gasteiger partial charge in [-0.1, -0.05) is 31.2 Å². The Kier molecular flexibility index (Phi) is 12.3. The van der Waals surface area contributed by atoms with Gasteiger partial charge in [0.1, 0.15) is 0 Å². The molecule has 0 aliphatic carbocycles. The zero-order valence-corrected chi connectivity index (χ0v) is 27.1. The molecule has 2 N–H and O–H groups in total. The van der Waals surface area contributed by atoms with Crippen molar-refractivity contribution >= 4 is 11.6 Å². The molecule has 0 saturated carbocycles. The molecule has 1 aliphatic rings. The summed E-state index contributed by atoms with van der Waals surface area (Å²) in [6.07, 6.45) is -1.37. The van der Waals surface area contributed by atoms with Crippen LogP contribution in [0.5, 0.6) is 0 Å². The van der Waals surface area contributed by atoms with E-state index in [2.05, 4.69) is 27.3 Å². The molecule has 1 aromatic heterocycles. The number of hydrogen-bond acceptors (Lipinski definition) is 6. The van der Waals surface area contributed by atoms with Gasteiger partial charge in [0.05, 0.1) is 19.8 Å². The second-order valence-electron chi connectivity index (χ2n) is 11.8. The number of aryl methyl sites for hydroxylation is 2. The number of rotatable bonds is 14. The molecule has 2 heterocycles. The second-order valence-corrected chi connectivity index (χ2v) is 11.8. The molecular weight excluding hydrogens is 578 g/mol. The lowest BCUT2D eigenvalue weighted by Gasteiger charge is -2.35. The maximum atomic E-state index is 14.1. The predicted octanol–water partition coefficient (Wildman–Crippen LogP) is 5.62. The van der Waals surface area contributed by atoms with Gasteiger partial charge in [0.15, 0.2) is 0 Å². The van der Waals surface area contributed by atoms with Crippen molar-refractivity contribution in [1.82, 2.24) is 15.2 Å². The highest BCUT2D eigenvalue weighted by molar-refractivity contribution is 5.99. The van der Waals surface area contributed by atoms with Gasteiger partial charge in [-0.3, -0.25) is 14.5 Å². The molecule has 2 aromatic carbocycles. The van der Waals surface area contributed by atoms with Crippen molar-refractivity contribution in [3.8, 4) is 11.1 Å². The number of pyridine rings is 1. The maximum absolute atomic E-state index is 14.1. The number of hydrogen-bond donors (Lipinski definition) is 2.